The number of hydrogen-bond donors (Lipinski definition) is 5. The van der Waals surface area contributed by atoms with Crippen molar-refractivity contribution >= 4 is 23.8 Å². The normalized spacial score (nSPS) is 9.91. The Kier molecular flexibility index (Phi) is 5.58. The van der Waals surface area contributed by atoms with Crippen LogP contribution < -0.4 is 10.6 Å². The lowest BCUT2D eigenvalue weighted by molar-refractivity contribution is 0.0687. The first-order chi connectivity index (χ1) is 10.3. The molecular weight excluding hydrogens is 296 g/mol. The Morgan fingerprint density at radius 1 is 0.909 bits per heavy atom. The van der Waals surface area contributed by atoms with Crippen LogP contribution in [0.2, 0.25) is 0 Å². The molecule has 0 aliphatic carbocycles. The lowest BCUT2D eigenvalue weighted by Gasteiger charge is -2.11. The third-order valence-electron chi connectivity index (χ3n) is 2.73. The lowest BCUT2D eigenvalue weighted by Crippen LogP contribution is -2.29. The summed E-state index contributed by atoms with van der Waals surface area (Å²) in [6.07, 6.45) is 0. The minimum Gasteiger partial charge on any atom is -0.478 e. The van der Waals surface area contributed by atoms with E-state index in [1.807, 2.05) is 0 Å². The highest BCUT2D eigenvalue weighted by atomic mass is 16.4. The van der Waals surface area contributed by atoms with Gasteiger partial charge in [-0.25, -0.2) is 9.59 Å². The van der Waals surface area contributed by atoms with Gasteiger partial charge in [0.05, 0.1) is 28.9 Å². The molecule has 22 heavy (non-hydrogen) atoms. The standard InChI is InChI=1S/C13H14N2O7/c1-14-10(17)6-4-7(11(18)15-2-3-16)9(13(21)22)5-8(6)12(19)20/h4-5,16H,2-3H2,1H3,(H,14,17)(H,15,18)(H,19,20)(H,21,22). The van der Waals surface area contributed by atoms with E-state index in [-0.39, 0.29) is 24.3 Å². The maximum Gasteiger partial charge on any atom is 0.336 e. The Labute approximate surface area is 124 Å². The number of aliphatic hydroxyl groups is 1. The van der Waals surface area contributed by atoms with E-state index >= 15 is 0 Å². The number of aliphatic hydroxyl groups excluding tert-OH is 1. The van der Waals surface area contributed by atoms with Crippen LogP contribution in [0.25, 0.3) is 0 Å². The number of aromatic carboxylic acids is 2. The van der Waals surface area contributed by atoms with Crippen LogP contribution in [0.1, 0.15) is 41.4 Å². The fourth-order valence-corrected chi connectivity index (χ4v) is 1.73. The summed E-state index contributed by atoms with van der Waals surface area (Å²) in [7, 11) is 1.27. The van der Waals surface area contributed by atoms with Crippen LogP contribution in [0.4, 0.5) is 0 Å². The molecule has 0 saturated carbocycles. The largest absolute Gasteiger partial charge is 0.478 e. The smallest absolute Gasteiger partial charge is 0.336 e. The van der Waals surface area contributed by atoms with Crippen LogP contribution >= 0.6 is 0 Å². The molecule has 118 valence electrons. The molecule has 1 aromatic rings. The van der Waals surface area contributed by atoms with Crippen molar-refractivity contribution in [3.05, 3.63) is 34.4 Å². The zero-order chi connectivity index (χ0) is 16.9. The van der Waals surface area contributed by atoms with E-state index in [1.54, 1.807) is 0 Å². The monoisotopic (exact) mass is 310 g/mol. The Morgan fingerprint density at radius 3 is 1.77 bits per heavy atom. The van der Waals surface area contributed by atoms with Gasteiger partial charge < -0.3 is 26.0 Å². The highest BCUT2D eigenvalue weighted by molar-refractivity contribution is 6.11. The second-order valence-corrected chi connectivity index (χ2v) is 4.11. The minimum absolute atomic E-state index is 0.117. The van der Waals surface area contributed by atoms with Crippen molar-refractivity contribution in [3.63, 3.8) is 0 Å². The molecule has 0 bridgehead atoms. The number of carboxylic acids is 2. The molecule has 0 fully saturated rings. The van der Waals surface area contributed by atoms with Gasteiger partial charge in [0.1, 0.15) is 0 Å². The highest BCUT2D eigenvalue weighted by Gasteiger charge is 2.24. The van der Waals surface area contributed by atoms with Crippen LogP contribution in [0.15, 0.2) is 12.1 Å². The molecule has 1 aromatic carbocycles. The Morgan fingerprint density at radius 2 is 1.36 bits per heavy atom. The molecule has 0 aliphatic rings. The van der Waals surface area contributed by atoms with E-state index in [1.165, 1.54) is 7.05 Å². The van der Waals surface area contributed by atoms with Gasteiger partial charge in [0, 0.05) is 13.6 Å². The molecule has 1 rings (SSSR count). The Hall–Kier alpha value is -2.94. The van der Waals surface area contributed by atoms with E-state index in [4.69, 9.17) is 15.3 Å². The van der Waals surface area contributed by atoms with Crippen molar-refractivity contribution in [2.45, 2.75) is 0 Å². The lowest BCUT2D eigenvalue weighted by atomic mass is 9.97. The van der Waals surface area contributed by atoms with E-state index < -0.39 is 34.9 Å². The summed E-state index contributed by atoms with van der Waals surface area (Å²) < 4.78 is 0. The molecule has 0 unspecified atom stereocenters. The average Bonchev–Trinajstić information content (AvgIpc) is 2.50. The van der Waals surface area contributed by atoms with Gasteiger partial charge in [-0.3, -0.25) is 9.59 Å². The summed E-state index contributed by atoms with van der Waals surface area (Å²) in [6, 6.07) is 1.65. The molecule has 0 atom stereocenters. The van der Waals surface area contributed by atoms with Gasteiger partial charge in [0.25, 0.3) is 11.8 Å². The average molecular weight is 310 g/mol. The minimum atomic E-state index is -1.51. The molecular formula is C13H14N2O7. The number of carbonyl (C=O) groups excluding carboxylic acids is 2. The summed E-state index contributed by atoms with van der Waals surface area (Å²) in [5.74, 6) is -4.62. The Balaban J connectivity index is 3.53. The fourth-order valence-electron chi connectivity index (χ4n) is 1.73. The van der Waals surface area contributed by atoms with Gasteiger partial charge in [0.15, 0.2) is 0 Å². The number of amides is 2. The number of carboxylic acid groups (broad SMARTS) is 2. The maximum atomic E-state index is 11.9. The number of hydrogen-bond acceptors (Lipinski definition) is 5. The quantitative estimate of drug-likeness (QED) is 0.459. The van der Waals surface area contributed by atoms with Crippen molar-refractivity contribution in [2.24, 2.45) is 0 Å². The van der Waals surface area contributed by atoms with Gasteiger partial charge in [0.2, 0.25) is 0 Å². The summed E-state index contributed by atoms with van der Waals surface area (Å²) in [5, 5.41) is 31.3. The van der Waals surface area contributed by atoms with Gasteiger partial charge in [-0.05, 0) is 12.1 Å². The number of benzene rings is 1. The topological polar surface area (TPSA) is 153 Å². The van der Waals surface area contributed by atoms with E-state index in [9.17, 15) is 19.2 Å². The molecule has 0 heterocycles. The first-order valence-electron chi connectivity index (χ1n) is 6.09. The molecule has 9 heteroatoms. The molecule has 0 aromatic heterocycles. The molecule has 0 radical (unpaired) electrons. The summed E-state index contributed by atoms with van der Waals surface area (Å²) >= 11 is 0. The number of carbonyl (C=O) groups is 4. The first-order valence-corrected chi connectivity index (χ1v) is 6.09. The van der Waals surface area contributed by atoms with Gasteiger partial charge in [-0.1, -0.05) is 0 Å². The second kappa shape index (κ2) is 7.18. The second-order valence-electron chi connectivity index (χ2n) is 4.11. The number of nitrogens with one attached hydrogen (secondary N) is 2. The van der Waals surface area contributed by atoms with Crippen LogP contribution in [0, 0.1) is 0 Å². The van der Waals surface area contributed by atoms with Crippen LogP contribution in [-0.4, -0.2) is 59.3 Å². The van der Waals surface area contributed by atoms with Crippen molar-refractivity contribution in [2.75, 3.05) is 20.2 Å². The van der Waals surface area contributed by atoms with E-state index in [0.717, 1.165) is 12.1 Å². The van der Waals surface area contributed by atoms with Crippen LogP contribution in [0.3, 0.4) is 0 Å². The van der Waals surface area contributed by atoms with Crippen LogP contribution in [-0.2, 0) is 0 Å². The van der Waals surface area contributed by atoms with Gasteiger partial charge >= 0.3 is 11.9 Å². The van der Waals surface area contributed by atoms with Gasteiger partial charge in [-0.15, -0.1) is 0 Å². The molecule has 0 aliphatic heterocycles. The number of rotatable bonds is 6. The van der Waals surface area contributed by atoms with Crippen molar-refractivity contribution in [3.8, 4) is 0 Å². The maximum absolute atomic E-state index is 11.9. The molecule has 5 N–H and O–H groups in total. The summed E-state index contributed by atoms with van der Waals surface area (Å²) in [5.41, 5.74) is -1.80. The van der Waals surface area contributed by atoms with Crippen LogP contribution in [0.5, 0.6) is 0 Å². The fraction of sp³-hybridized carbons (Fsp3) is 0.231. The van der Waals surface area contributed by atoms with Crippen molar-refractivity contribution in [1.82, 2.24) is 10.6 Å². The summed E-state index contributed by atoms with van der Waals surface area (Å²) in [4.78, 5) is 46.0. The molecule has 0 spiro atoms. The predicted octanol–water partition coefficient (Wildman–Crippen LogP) is -0.835. The van der Waals surface area contributed by atoms with E-state index in [0.29, 0.717) is 0 Å². The predicted molar refractivity (Wildman–Crippen MR) is 73.2 cm³/mol. The third-order valence-corrected chi connectivity index (χ3v) is 2.73. The SMILES string of the molecule is CNC(=O)c1cc(C(=O)NCCO)c(C(=O)O)cc1C(=O)O. The zero-order valence-corrected chi connectivity index (χ0v) is 11.5. The first kappa shape index (κ1) is 17.1. The summed E-state index contributed by atoms with van der Waals surface area (Å²) in [6.45, 7) is -0.475. The molecule has 0 saturated heterocycles. The Bertz CT molecular complexity index is 640. The molecule has 9 nitrogen and oxygen atoms in total. The van der Waals surface area contributed by atoms with Crippen molar-refractivity contribution < 1.29 is 34.5 Å². The molecule has 2 amide bonds. The third kappa shape index (κ3) is 3.58. The highest BCUT2D eigenvalue weighted by Crippen LogP contribution is 2.18. The van der Waals surface area contributed by atoms with E-state index in [2.05, 4.69) is 10.6 Å². The van der Waals surface area contributed by atoms with Gasteiger partial charge in [-0.2, -0.15) is 0 Å². The zero-order valence-electron chi connectivity index (χ0n) is 11.5. The van der Waals surface area contributed by atoms with Crippen molar-refractivity contribution in [1.29, 1.82) is 0 Å².